The van der Waals surface area contributed by atoms with Crippen LogP contribution in [0.5, 0.6) is 0 Å². The molecule has 5 rings (SSSR count). The van der Waals surface area contributed by atoms with Crippen molar-refractivity contribution in [3.05, 3.63) is 88.5 Å². The van der Waals surface area contributed by atoms with Gasteiger partial charge in [-0.15, -0.1) is 0 Å². The number of rotatable bonds is 3. The Morgan fingerprint density at radius 1 is 1.09 bits per heavy atom. The van der Waals surface area contributed by atoms with Crippen LogP contribution in [0.25, 0.3) is 0 Å². The number of piperazine rings is 1. The van der Waals surface area contributed by atoms with Gasteiger partial charge in [-0.2, -0.15) is 5.10 Å². The Morgan fingerprint density at radius 3 is 2.56 bits per heavy atom. The normalized spacial score (nSPS) is 18.4. The number of hydrogen-bond acceptors (Lipinski definition) is 4. The first-order valence-corrected chi connectivity index (χ1v) is 11.0. The molecule has 164 valence electrons. The average Bonchev–Trinajstić information content (AvgIpc) is 3.26. The van der Waals surface area contributed by atoms with Gasteiger partial charge in [-0.3, -0.25) is 4.79 Å². The van der Waals surface area contributed by atoms with Gasteiger partial charge in [-0.25, -0.2) is 9.07 Å². The van der Waals surface area contributed by atoms with Crippen LogP contribution in [0.1, 0.15) is 18.5 Å². The average molecular weight is 452 g/mol. The number of benzene rings is 2. The number of allylic oxidation sites excluding steroid dienone is 1. The first-order chi connectivity index (χ1) is 15.5. The molecule has 32 heavy (non-hydrogen) atoms. The summed E-state index contributed by atoms with van der Waals surface area (Å²) >= 11 is 6.28. The van der Waals surface area contributed by atoms with E-state index in [9.17, 15) is 9.18 Å². The molecule has 2 aliphatic heterocycles. The van der Waals surface area contributed by atoms with E-state index >= 15 is 0 Å². The number of amides is 1. The summed E-state index contributed by atoms with van der Waals surface area (Å²) in [5.41, 5.74) is 3.36. The van der Waals surface area contributed by atoms with E-state index in [4.69, 9.17) is 11.6 Å². The lowest BCUT2D eigenvalue weighted by Crippen LogP contribution is -2.50. The monoisotopic (exact) mass is 451 g/mol. The quantitative estimate of drug-likeness (QED) is 0.644. The second kappa shape index (κ2) is 8.31. The van der Waals surface area contributed by atoms with Crippen molar-refractivity contribution >= 4 is 29.0 Å². The Balaban J connectivity index is 1.41. The van der Waals surface area contributed by atoms with Gasteiger partial charge in [0.15, 0.2) is 0 Å². The molecule has 1 N–H and O–H groups in total. The number of fused-ring (bicyclic) bond motifs is 1. The molecule has 6 nitrogen and oxygen atoms in total. The third-order valence-electron chi connectivity index (χ3n) is 6.06. The highest BCUT2D eigenvalue weighted by atomic mass is 35.5. The number of nitrogens with zero attached hydrogens (tertiary/aromatic N) is 4. The van der Waals surface area contributed by atoms with Crippen molar-refractivity contribution in [2.24, 2.45) is 0 Å². The molecule has 0 radical (unpaired) electrons. The molecule has 0 aliphatic carbocycles. The summed E-state index contributed by atoms with van der Waals surface area (Å²) in [6.07, 6.45) is 1.72. The summed E-state index contributed by atoms with van der Waals surface area (Å²) < 4.78 is 15.1. The second-order valence-corrected chi connectivity index (χ2v) is 8.47. The van der Waals surface area contributed by atoms with E-state index in [0.717, 1.165) is 22.8 Å². The van der Waals surface area contributed by atoms with Crippen molar-refractivity contribution < 1.29 is 9.18 Å². The molecule has 2 aromatic carbocycles. The molecule has 8 heteroatoms. The molecule has 0 bridgehead atoms. The van der Waals surface area contributed by atoms with Crippen molar-refractivity contribution in [3.63, 3.8) is 0 Å². The van der Waals surface area contributed by atoms with Gasteiger partial charge in [0.05, 0.1) is 11.8 Å². The number of hydrogen-bond donors (Lipinski definition) is 1. The molecule has 1 aromatic heterocycles. The van der Waals surface area contributed by atoms with Crippen LogP contribution in [0.15, 0.2) is 72.1 Å². The molecular formula is C24H23ClFN5O. The predicted octanol–water partition coefficient (Wildman–Crippen LogP) is 4.31. The van der Waals surface area contributed by atoms with Crippen LogP contribution in [0.3, 0.4) is 0 Å². The summed E-state index contributed by atoms with van der Waals surface area (Å²) in [5.74, 6) is 0.574. The summed E-state index contributed by atoms with van der Waals surface area (Å²) in [4.78, 5) is 17.8. The topological polar surface area (TPSA) is 53.4 Å². The maximum Gasteiger partial charge on any atom is 0.254 e. The predicted molar refractivity (Wildman–Crippen MR) is 123 cm³/mol. The SMILES string of the molecule is CC1=C(C(=O)N2CCN(c3ccc(F)cc3)CC2)C(c2cccc(Cl)c2)n2nccc2N1. The van der Waals surface area contributed by atoms with Gasteiger partial charge in [0.25, 0.3) is 5.91 Å². The van der Waals surface area contributed by atoms with Crippen molar-refractivity contribution in [3.8, 4) is 0 Å². The van der Waals surface area contributed by atoms with Gasteiger partial charge >= 0.3 is 0 Å². The molecule has 2 aliphatic rings. The molecule has 3 heterocycles. The third-order valence-corrected chi connectivity index (χ3v) is 6.30. The van der Waals surface area contributed by atoms with Crippen LogP contribution >= 0.6 is 11.6 Å². The number of aromatic nitrogens is 2. The van der Waals surface area contributed by atoms with Crippen LogP contribution in [0.2, 0.25) is 5.02 Å². The molecule has 1 unspecified atom stereocenters. The van der Waals surface area contributed by atoms with E-state index < -0.39 is 0 Å². The van der Waals surface area contributed by atoms with E-state index in [2.05, 4.69) is 15.3 Å². The number of nitrogens with one attached hydrogen (secondary N) is 1. The van der Waals surface area contributed by atoms with Crippen LogP contribution in [0, 0.1) is 5.82 Å². The molecule has 1 atom stereocenters. The number of halogens is 2. The summed E-state index contributed by atoms with van der Waals surface area (Å²) in [6, 6.07) is 15.6. The largest absolute Gasteiger partial charge is 0.368 e. The maximum atomic E-state index is 13.7. The first-order valence-electron chi connectivity index (χ1n) is 10.6. The lowest BCUT2D eigenvalue weighted by atomic mass is 9.94. The van der Waals surface area contributed by atoms with Crippen LogP contribution < -0.4 is 10.2 Å². The highest BCUT2D eigenvalue weighted by Crippen LogP contribution is 2.37. The molecule has 1 fully saturated rings. The van der Waals surface area contributed by atoms with E-state index in [-0.39, 0.29) is 17.8 Å². The van der Waals surface area contributed by atoms with Crippen molar-refractivity contribution in [2.75, 3.05) is 36.4 Å². The smallest absolute Gasteiger partial charge is 0.254 e. The molecule has 3 aromatic rings. The molecule has 0 saturated carbocycles. The maximum absolute atomic E-state index is 13.7. The lowest BCUT2D eigenvalue weighted by molar-refractivity contribution is -0.127. The van der Waals surface area contributed by atoms with E-state index in [1.165, 1.54) is 12.1 Å². The Bertz CT molecular complexity index is 1180. The zero-order valence-corrected chi connectivity index (χ0v) is 18.4. The lowest BCUT2D eigenvalue weighted by Gasteiger charge is -2.38. The third kappa shape index (κ3) is 3.73. The highest BCUT2D eigenvalue weighted by molar-refractivity contribution is 6.30. The fraction of sp³-hybridized carbons (Fsp3) is 0.250. The van der Waals surface area contributed by atoms with Crippen molar-refractivity contribution in [1.82, 2.24) is 14.7 Å². The number of carbonyl (C=O) groups is 1. The molecular weight excluding hydrogens is 429 g/mol. The zero-order chi connectivity index (χ0) is 22.2. The molecule has 0 spiro atoms. The van der Waals surface area contributed by atoms with Gasteiger partial charge in [0, 0.05) is 48.7 Å². The Kier molecular flexibility index (Phi) is 5.35. The Morgan fingerprint density at radius 2 is 1.84 bits per heavy atom. The highest BCUT2D eigenvalue weighted by Gasteiger charge is 2.35. The van der Waals surface area contributed by atoms with Crippen LogP contribution in [-0.2, 0) is 4.79 Å². The minimum absolute atomic E-state index is 0.0140. The van der Waals surface area contributed by atoms with Crippen molar-refractivity contribution in [2.45, 2.75) is 13.0 Å². The zero-order valence-electron chi connectivity index (χ0n) is 17.6. The molecule has 1 saturated heterocycles. The fourth-order valence-electron chi connectivity index (χ4n) is 4.46. The summed E-state index contributed by atoms with van der Waals surface area (Å²) in [7, 11) is 0. The fourth-order valence-corrected chi connectivity index (χ4v) is 4.66. The summed E-state index contributed by atoms with van der Waals surface area (Å²) in [6.45, 7) is 4.47. The number of carbonyl (C=O) groups excluding carboxylic acids is 1. The number of anilines is 2. The van der Waals surface area contributed by atoms with Crippen molar-refractivity contribution in [1.29, 1.82) is 0 Å². The van der Waals surface area contributed by atoms with Gasteiger partial charge in [0.2, 0.25) is 0 Å². The van der Waals surface area contributed by atoms with E-state index in [1.54, 1.807) is 18.3 Å². The van der Waals surface area contributed by atoms with E-state index in [1.807, 2.05) is 46.8 Å². The Hall–Kier alpha value is -3.32. The molecule has 1 amide bonds. The summed E-state index contributed by atoms with van der Waals surface area (Å²) in [5, 5.41) is 8.42. The minimum Gasteiger partial charge on any atom is -0.368 e. The van der Waals surface area contributed by atoms with Crippen LogP contribution in [0.4, 0.5) is 15.9 Å². The van der Waals surface area contributed by atoms with Crippen LogP contribution in [-0.4, -0.2) is 46.8 Å². The van der Waals surface area contributed by atoms with Gasteiger partial charge < -0.3 is 15.1 Å². The minimum atomic E-state index is -0.359. The van der Waals surface area contributed by atoms with E-state index in [0.29, 0.717) is 36.8 Å². The van der Waals surface area contributed by atoms with Gasteiger partial charge in [-0.05, 0) is 48.9 Å². The Labute approximate surface area is 190 Å². The van der Waals surface area contributed by atoms with Gasteiger partial charge in [0.1, 0.15) is 17.7 Å². The second-order valence-electron chi connectivity index (χ2n) is 8.04. The first kappa shape index (κ1) is 20.6. The van der Waals surface area contributed by atoms with Gasteiger partial charge in [-0.1, -0.05) is 23.7 Å². The standard InChI is InChI=1S/C24H23ClFN5O/c1-16-22(23(17-3-2-4-18(25)15-17)31-21(28-16)9-10-27-31)24(32)30-13-11-29(12-14-30)20-7-5-19(26)6-8-20/h2-10,15,23,28H,11-14H2,1H3.